The minimum atomic E-state index is -0.216. The van der Waals surface area contributed by atoms with Crippen molar-refractivity contribution in [1.82, 2.24) is 15.2 Å². The summed E-state index contributed by atoms with van der Waals surface area (Å²) in [6, 6.07) is 13.6. The van der Waals surface area contributed by atoms with E-state index in [1.807, 2.05) is 30.3 Å². The number of urea groups is 1. The molecule has 0 bridgehead atoms. The highest BCUT2D eigenvalue weighted by molar-refractivity contribution is 5.89. The van der Waals surface area contributed by atoms with Gasteiger partial charge >= 0.3 is 6.03 Å². The number of benzene rings is 1. The average Bonchev–Trinajstić information content (AvgIpc) is 2.67. The number of amides is 2. The van der Waals surface area contributed by atoms with E-state index in [-0.39, 0.29) is 6.03 Å². The van der Waals surface area contributed by atoms with Crippen molar-refractivity contribution in [2.75, 3.05) is 25.0 Å². The molecule has 2 amide bonds. The fourth-order valence-electron chi connectivity index (χ4n) is 3.07. The second kappa shape index (κ2) is 9.18. The molecule has 0 atom stereocenters. The quantitative estimate of drug-likeness (QED) is 0.848. The summed E-state index contributed by atoms with van der Waals surface area (Å²) >= 11 is 0. The fourth-order valence-corrected chi connectivity index (χ4v) is 3.07. The van der Waals surface area contributed by atoms with Crippen LogP contribution >= 0.6 is 0 Å². The van der Waals surface area contributed by atoms with Crippen molar-refractivity contribution < 1.29 is 4.79 Å². The molecule has 2 heterocycles. The van der Waals surface area contributed by atoms with Crippen LogP contribution in [-0.2, 0) is 13.0 Å². The highest BCUT2D eigenvalue weighted by Crippen LogP contribution is 2.13. The van der Waals surface area contributed by atoms with Crippen LogP contribution in [0.15, 0.2) is 48.7 Å². The van der Waals surface area contributed by atoms with Crippen LogP contribution in [0.2, 0.25) is 0 Å². The highest BCUT2D eigenvalue weighted by Gasteiger charge is 2.09. The summed E-state index contributed by atoms with van der Waals surface area (Å²) in [5.41, 5.74) is 2.95. The molecule has 0 spiro atoms. The molecule has 3 rings (SSSR count). The molecular formula is C20H26N4O. The van der Waals surface area contributed by atoms with Crippen molar-refractivity contribution in [2.45, 2.75) is 32.2 Å². The summed E-state index contributed by atoms with van der Waals surface area (Å²) in [7, 11) is 0. The van der Waals surface area contributed by atoms with Gasteiger partial charge in [0.1, 0.15) is 0 Å². The second-order valence-electron chi connectivity index (χ2n) is 6.48. The summed E-state index contributed by atoms with van der Waals surface area (Å²) in [5.74, 6) is 0. The van der Waals surface area contributed by atoms with Crippen LogP contribution in [-0.4, -0.2) is 35.5 Å². The van der Waals surface area contributed by atoms with E-state index in [2.05, 4.69) is 32.7 Å². The SMILES string of the molecule is O=C(NCc1ccccn1)Nc1ccc(CCN2CCCCC2)cc1. The van der Waals surface area contributed by atoms with Crippen molar-refractivity contribution in [3.63, 3.8) is 0 Å². The maximum absolute atomic E-state index is 11.9. The van der Waals surface area contributed by atoms with E-state index in [1.165, 1.54) is 37.9 Å². The van der Waals surface area contributed by atoms with Gasteiger partial charge in [-0.2, -0.15) is 0 Å². The minimum Gasteiger partial charge on any atom is -0.332 e. The number of carbonyl (C=O) groups is 1. The number of rotatable bonds is 6. The zero-order valence-corrected chi connectivity index (χ0v) is 14.6. The Hall–Kier alpha value is -2.40. The summed E-state index contributed by atoms with van der Waals surface area (Å²) < 4.78 is 0. The first-order valence-electron chi connectivity index (χ1n) is 9.06. The van der Waals surface area contributed by atoms with Gasteiger partial charge in [0.15, 0.2) is 0 Å². The van der Waals surface area contributed by atoms with Crippen molar-refractivity contribution in [3.8, 4) is 0 Å². The Morgan fingerprint density at radius 1 is 1.04 bits per heavy atom. The van der Waals surface area contributed by atoms with Crippen molar-refractivity contribution in [3.05, 3.63) is 59.9 Å². The van der Waals surface area contributed by atoms with Crippen LogP contribution in [0.1, 0.15) is 30.5 Å². The molecule has 2 aromatic rings. The van der Waals surface area contributed by atoms with E-state index < -0.39 is 0 Å². The van der Waals surface area contributed by atoms with Crippen LogP contribution < -0.4 is 10.6 Å². The number of nitrogens with zero attached hydrogens (tertiary/aromatic N) is 2. The molecule has 0 saturated carbocycles. The predicted molar refractivity (Wildman–Crippen MR) is 101 cm³/mol. The first kappa shape index (κ1) is 17.4. The third-order valence-electron chi connectivity index (χ3n) is 4.53. The highest BCUT2D eigenvalue weighted by atomic mass is 16.2. The Balaban J connectivity index is 1.41. The van der Waals surface area contributed by atoms with Gasteiger partial charge in [-0.3, -0.25) is 4.98 Å². The van der Waals surface area contributed by atoms with Gasteiger partial charge in [0.2, 0.25) is 0 Å². The van der Waals surface area contributed by atoms with Gasteiger partial charge in [-0.15, -0.1) is 0 Å². The molecule has 1 saturated heterocycles. The zero-order chi connectivity index (χ0) is 17.3. The van der Waals surface area contributed by atoms with E-state index >= 15 is 0 Å². The Kier molecular flexibility index (Phi) is 6.40. The molecule has 1 aromatic heterocycles. The fraction of sp³-hybridized carbons (Fsp3) is 0.400. The monoisotopic (exact) mass is 338 g/mol. The molecule has 2 N–H and O–H groups in total. The van der Waals surface area contributed by atoms with Crippen LogP contribution in [0.5, 0.6) is 0 Å². The Labute approximate surface area is 149 Å². The zero-order valence-electron chi connectivity index (χ0n) is 14.6. The Morgan fingerprint density at radius 2 is 1.84 bits per heavy atom. The molecule has 1 aliphatic heterocycles. The summed E-state index contributed by atoms with van der Waals surface area (Å²) in [6.45, 7) is 4.00. The average molecular weight is 338 g/mol. The van der Waals surface area contributed by atoms with Gasteiger partial charge in [-0.1, -0.05) is 24.6 Å². The molecule has 0 radical (unpaired) electrons. The summed E-state index contributed by atoms with van der Waals surface area (Å²) in [5, 5.41) is 5.67. The topological polar surface area (TPSA) is 57.3 Å². The largest absolute Gasteiger partial charge is 0.332 e. The first-order valence-corrected chi connectivity index (χ1v) is 9.06. The smallest absolute Gasteiger partial charge is 0.319 e. The second-order valence-corrected chi connectivity index (χ2v) is 6.48. The predicted octanol–water partition coefficient (Wildman–Crippen LogP) is 3.43. The molecule has 5 heteroatoms. The molecule has 1 aliphatic rings. The number of hydrogen-bond acceptors (Lipinski definition) is 3. The van der Waals surface area contributed by atoms with Crippen LogP contribution in [0, 0.1) is 0 Å². The number of piperidine rings is 1. The number of likely N-dealkylation sites (tertiary alicyclic amines) is 1. The molecule has 25 heavy (non-hydrogen) atoms. The number of hydrogen-bond donors (Lipinski definition) is 2. The van der Waals surface area contributed by atoms with Crippen molar-refractivity contribution in [2.24, 2.45) is 0 Å². The van der Waals surface area contributed by atoms with Gasteiger partial charge in [0.05, 0.1) is 12.2 Å². The number of nitrogens with one attached hydrogen (secondary N) is 2. The van der Waals surface area contributed by atoms with Crippen LogP contribution in [0.25, 0.3) is 0 Å². The molecule has 132 valence electrons. The van der Waals surface area contributed by atoms with E-state index in [1.54, 1.807) is 6.20 Å². The number of anilines is 1. The van der Waals surface area contributed by atoms with Crippen LogP contribution in [0.4, 0.5) is 10.5 Å². The molecule has 1 aromatic carbocycles. The molecule has 1 fully saturated rings. The van der Waals surface area contributed by atoms with E-state index in [0.717, 1.165) is 24.3 Å². The summed E-state index contributed by atoms with van der Waals surface area (Å²) in [4.78, 5) is 18.7. The number of carbonyl (C=O) groups excluding carboxylic acids is 1. The summed E-state index contributed by atoms with van der Waals surface area (Å²) in [6.07, 6.45) is 6.82. The molecule has 5 nitrogen and oxygen atoms in total. The third kappa shape index (κ3) is 5.87. The standard InChI is InChI=1S/C20H26N4O/c25-20(22-16-19-6-2-3-12-21-19)23-18-9-7-17(8-10-18)11-15-24-13-4-1-5-14-24/h2-3,6-10,12H,1,4-5,11,13-16H2,(H2,22,23,25). The van der Waals surface area contributed by atoms with Gasteiger partial charge in [-0.05, 0) is 62.2 Å². The van der Waals surface area contributed by atoms with Gasteiger partial charge in [-0.25, -0.2) is 4.79 Å². The lowest BCUT2D eigenvalue weighted by Gasteiger charge is -2.26. The number of aromatic nitrogens is 1. The maximum atomic E-state index is 11.9. The Morgan fingerprint density at radius 3 is 2.56 bits per heavy atom. The first-order chi connectivity index (χ1) is 12.3. The lowest BCUT2D eigenvalue weighted by Crippen LogP contribution is -2.31. The van der Waals surface area contributed by atoms with Gasteiger partial charge in [0, 0.05) is 18.4 Å². The van der Waals surface area contributed by atoms with E-state index in [4.69, 9.17) is 0 Å². The van der Waals surface area contributed by atoms with E-state index in [9.17, 15) is 4.79 Å². The van der Waals surface area contributed by atoms with Gasteiger partial charge < -0.3 is 15.5 Å². The third-order valence-corrected chi connectivity index (χ3v) is 4.53. The number of pyridine rings is 1. The van der Waals surface area contributed by atoms with Crippen molar-refractivity contribution >= 4 is 11.7 Å². The minimum absolute atomic E-state index is 0.216. The molecular weight excluding hydrogens is 312 g/mol. The maximum Gasteiger partial charge on any atom is 0.319 e. The molecule has 0 aliphatic carbocycles. The lowest BCUT2D eigenvalue weighted by atomic mass is 10.1. The van der Waals surface area contributed by atoms with E-state index in [0.29, 0.717) is 6.54 Å². The normalized spacial score (nSPS) is 14.9. The van der Waals surface area contributed by atoms with Crippen molar-refractivity contribution in [1.29, 1.82) is 0 Å². The lowest BCUT2D eigenvalue weighted by molar-refractivity contribution is 0.231. The van der Waals surface area contributed by atoms with Gasteiger partial charge in [0.25, 0.3) is 0 Å². The van der Waals surface area contributed by atoms with Crippen LogP contribution in [0.3, 0.4) is 0 Å². The molecule has 0 unspecified atom stereocenters. The Bertz CT molecular complexity index is 651.